The molecule has 21 heavy (non-hydrogen) atoms. The summed E-state index contributed by atoms with van der Waals surface area (Å²) < 4.78 is 5.73. The number of nitrogens with zero attached hydrogens (tertiary/aromatic N) is 1. The minimum Gasteiger partial charge on any atom is -0.458 e. The van der Waals surface area contributed by atoms with Gasteiger partial charge in [-0.2, -0.15) is 0 Å². The molecule has 2 aromatic heterocycles. The Balaban J connectivity index is 1.79. The highest BCUT2D eigenvalue weighted by atomic mass is 16.4. The molecule has 3 heteroatoms. The van der Waals surface area contributed by atoms with Crippen molar-refractivity contribution in [1.82, 2.24) is 4.98 Å². The first-order valence-electron chi connectivity index (χ1n) is 6.82. The number of aliphatic hydroxyl groups is 1. The van der Waals surface area contributed by atoms with Crippen molar-refractivity contribution in [2.75, 3.05) is 0 Å². The van der Waals surface area contributed by atoms with Crippen molar-refractivity contribution in [1.29, 1.82) is 0 Å². The Hall–Kier alpha value is -2.65. The number of aromatic nitrogens is 1. The third-order valence-electron chi connectivity index (χ3n) is 3.66. The molecule has 0 aliphatic heterocycles. The van der Waals surface area contributed by atoms with Crippen molar-refractivity contribution >= 4 is 21.9 Å². The van der Waals surface area contributed by atoms with Crippen LogP contribution < -0.4 is 0 Å². The Morgan fingerprint density at radius 2 is 1.76 bits per heavy atom. The number of para-hydroxylation sites is 1. The average Bonchev–Trinajstić information content (AvgIpc) is 2.97. The Bertz CT molecular complexity index is 893. The minimum absolute atomic E-state index is 0.548. The molecule has 0 aliphatic rings. The fourth-order valence-corrected chi connectivity index (χ4v) is 2.55. The number of furan rings is 1. The van der Waals surface area contributed by atoms with Crippen molar-refractivity contribution in [3.05, 3.63) is 78.2 Å². The Labute approximate surface area is 121 Å². The van der Waals surface area contributed by atoms with E-state index in [4.69, 9.17) is 4.42 Å². The molecule has 2 heterocycles. The van der Waals surface area contributed by atoms with Crippen molar-refractivity contribution in [3.63, 3.8) is 0 Å². The summed E-state index contributed by atoms with van der Waals surface area (Å²) in [6, 6.07) is 19.3. The first kappa shape index (κ1) is 12.1. The normalized spacial score (nSPS) is 12.8. The van der Waals surface area contributed by atoms with Crippen LogP contribution in [0.3, 0.4) is 0 Å². The van der Waals surface area contributed by atoms with Crippen LogP contribution in [0.25, 0.3) is 21.9 Å². The summed E-state index contributed by atoms with van der Waals surface area (Å²) in [6.07, 6.45) is 0.962. The van der Waals surface area contributed by atoms with E-state index in [-0.39, 0.29) is 0 Å². The predicted molar refractivity (Wildman–Crippen MR) is 82.0 cm³/mol. The van der Waals surface area contributed by atoms with Crippen LogP contribution in [-0.4, -0.2) is 10.1 Å². The summed E-state index contributed by atoms with van der Waals surface area (Å²) in [5.74, 6) is 0.548. The van der Waals surface area contributed by atoms with Gasteiger partial charge in [0.25, 0.3) is 0 Å². The lowest BCUT2D eigenvalue weighted by Gasteiger charge is -2.08. The quantitative estimate of drug-likeness (QED) is 0.600. The second-order valence-corrected chi connectivity index (χ2v) is 5.04. The highest BCUT2D eigenvalue weighted by Crippen LogP contribution is 2.29. The molecule has 0 saturated carbocycles. The summed E-state index contributed by atoms with van der Waals surface area (Å²) in [7, 11) is 0. The fraction of sp³-hybridized carbons (Fsp3) is 0.0556. The molecule has 0 fully saturated rings. The van der Waals surface area contributed by atoms with E-state index in [0.717, 1.165) is 27.4 Å². The molecular formula is C18H13NO2. The number of aliphatic hydroxyl groups excluding tert-OH is 1. The number of benzene rings is 2. The third kappa shape index (κ3) is 2.08. The zero-order valence-corrected chi connectivity index (χ0v) is 11.2. The lowest BCUT2D eigenvalue weighted by molar-refractivity contribution is 0.192. The molecule has 0 spiro atoms. The lowest BCUT2D eigenvalue weighted by Crippen LogP contribution is -1.98. The van der Waals surface area contributed by atoms with E-state index in [2.05, 4.69) is 4.98 Å². The second kappa shape index (κ2) is 4.72. The van der Waals surface area contributed by atoms with Gasteiger partial charge in [-0.15, -0.1) is 0 Å². The molecule has 4 rings (SSSR count). The summed E-state index contributed by atoms with van der Waals surface area (Å²) in [5.41, 5.74) is 2.43. The highest BCUT2D eigenvalue weighted by molar-refractivity contribution is 5.80. The third-order valence-corrected chi connectivity index (χ3v) is 3.66. The lowest BCUT2D eigenvalue weighted by atomic mass is 10.0. The van der Waals surface area contributed by atoms with Crippen LogP contribution in [-0.2, 0) is 0 Å². The Morgan fingerprint density at radius 3 is 2.67 bits per heavy atom. The number of pyridine rings is 1. The summed E-state index contributed by atoms with van der Waals surface area (Å²) in [4.78, 5) is 4.32. The highest BCUT2D eigenvalue weighted by Gasteiger charge is 2.16. The molecular weight excluding hydrogens is 262 g/mol. The van der Waals surface area contributed by atoms with Gasteiger partial charge in [-0.05, 0) is 29.8 Å². The first-order valence-corrected chi connectivity index (χ1v) is 6.82. The maximum absolute atomic E-state index is 10.5. The summed E-state index contributed by atoms with van der Waals surface area (Å²) >= 11 is 0. The van der Waals surface area contributed by atoms with E-state index in [0.29, 0.717) is 5.76 Å². The number of rotatable bonds is 2. The molecule has 0 aliphatic carbocycles. The van der Waals surface area contributed by atoms with Crippen molar-refractivity contribution in [2.45, 2.75) is 6.10 Å². The monoisotopic (exact) mass is 275 g/mol. The van der Waals surface area contributed by atoms with Gasteiger partial charge in [0, 0.05) is 17.0 Å². The van der Waals surface area contributed by atoms with Crippen LogP contribution in [0.2, 0.25) is 0 Å². The van der Waals surface area contributed by atoms with Gasteiger partial charge in [0.15, 0.2) is 0 Å². The van der Waals surface area contributed by atoms with Crippen LogP contribution in [0.4, 0.5) is 0 Å². The second-order valence-electron chi connectivity index (χ2n) is 5.04. The topological polar surface area (TPSA) is 46.3 Å². The molecule has 0 radical (unpaired) electrons. The molecule has 1 N–H and O–H groups in total. The largest absolute Gasteiger partial charge is 0.458 e. The van der Waals surface area contributed by atoms with Gasteiger partial charge >= 0.3 is 0 Å². The molecule has 4 aromatic rings. The van der Waals surface area contributed by atoms with Crippen molar-refractivity contribution in [2.24, 2.45) is 0 Å². The maximum atomic E-state index is 10.5. The SMILES string of the molecule is OC(c1ccc2cccnc2c1)c1cc2ccccc2o1. The van der Waals surface area contributed by atoms with E-state index < -0.39 is 6.10 Å². The fourth-order valence-electron chi connectivity index (χ4n) is 2.55. The standard InChI is InChI=1S/C18H13NO2/c20-18(17-11-13-4-1-2-6-16(13)21-17)14-8-7-12-5-3-9-19-15(12)10-14/h1-11,18,20H. The zero-order valence-electron chi connectivity index (χ0n) is 11.2. The Kier molecular flexibility index (Phi) is 2.72. The van der Waals surface area contributed by atoms with Crippen LogP contribution in [0.1, 0.15) is 17.4 Å². The smallest absolute Gasteiger partial charge is 0.138 e. The molecule has 1 unspecified atom stereocenters. The minimum atomic E-state index is -0.788. The number of fused-ring (bicyclic) bond motifs is 2. The van der Waals surface area contributed by atoms with Crippen molar-refractivity contribution < 1.29 is 9.52 Å². The van der Waals surface area contributed by atoms with Gasteiger partial charge in [0.2, 0.25) is 0 Å². The van der Waals surface area contributed by atoms with Gasteiger partial charge in [0.1, 0.15) is 17.4 Å². The van der Waals surface area contributed by atoms with E-state index in [9.17, 15) is 5.11 Å². The van der Waals surface area contributed by atoms with Crippen LogP contribution in [0.5, 0.6) is 0 Å². The summed E-state index contributed by atoms with van der Waals surface area (Å²) in [5, 5.41) is 12.6. The van der Waals surface area contributed by atoms with Gasteiger partial charge in [-0.25, -0.2) is 0 Å². The predicted octanol–water partition coefficient (Wildman–Crippen LogP) is 4.06. The zero-order chi connectivity index (χ0) is 14.2. The molecule has 0 saturated heterocycles. The Morgan fingerprint density at radius 1 is 0.905 bits per heavy atom. The van der Waals surface area contributed by atoms with E-state index in [1.165, 1.54) is 0 Å². The molecule has 1 atom stereocenters. The molecule has 2 aromatic carbocycles. The average molecular weight is 275 g/mol. The van der Waals surface area contributed by atoms with Crippen LogP contribution >= 0.6 is 0 Å². The van der Waals surface area contributed by atoms with Crippen molar-refractivity contribution in [3.8, 4) is 0 Å². The van der Waals surface area contributed by atoms with Gasteiger partial charge < -0.3 is 9.52 Å². The molecule has 102 valence electrons. The van der Waals surface area contributed by atoms with Crippen LogP contribution in [0.15, 0.2) is 71.3 Å². The van der Waals surface area contributed by atoms with E-state index >= 15 is 0 Å². The van der Waals surface area contributed by atoms with Gasteiger partial charge in [-0.1, -0.05) is 36.4 Å². The molecule has 0 amide bonds. The van der Waals surface area contributed by atoms with E-state index in [1.54, 1.807) is 6.20 Å². The first-order chi connectivity index (χ1) is 10.3. The van der Waals surface area contributed by atoms with Crippen LogP contribution in [0, 0.1) is 0 Å². The molecule has 3 nitrogen and oxygen atoms in total. The van der Waals surface area contributed by atoms with Gasteiger partial charge in [0.05, 0.1) is 5.52 Å². The maximum Gasteiger partial charge on any atom is 0.138 e. The summed E-state index contributed by atoms with van der Waals surface area (Å²) in [6.45, 7) is 0. The molecule has 0 bridgehead atoms. The number of hydrogen-bond donors (Lipinski definition) is 1. The van der Waals surface area contributed by atoms with Gasteiger partial charge in [-0.3, -0.25) is 4.98 Å². The van der Waals surface area contributed by atoms with E-state index in [1.807, 2.05) is 60.7 Å². The number of hydrogen-bond acceptors (Lipinski definition) is 3.